The number of aromatic carboxylic acids is 1. The summed E-state index contributed by atoms with van der Waals surface area (Å²) in [6.45, 7) is 0. The van der Waals surface area contributed by atoms with Gasteiger partial charge in [0, 0.05) is 6.04 Å². The molecular formula is C13H13ClN2O3. The molecule has 2 rings (SSSR count). The summed E-state index contributed by atoms with van der Waals surface area (Å²) in [6.07, 6.45) is 5.61. The number of carboxylic acids is 1. The largest absolute Gasteiger partial charge is 0.478 e. The number of benzene rings is 1. The van der Waals surface area contributed by atoms with Crippen molar-refractivity contribution in [1.82, 2.24) is 5.32 Å². The second-order valence-electron chi connectivity index (χ2n) is 4.24. The number of carbonyl (C=O) groups excluding carboxylic acids is 1. The Morgan fingerprint density at radius 1 is 1.26 bits per heavy atom. The monoisotopic (exact) mass is 280 g/mol. The van der Waals surface area contributed by atoms with E-state index in [1.165, 1.54) is 18.2 Å². The summed E-state index contributed by atoms with van der Waals surface area (Å²) >= 11 is 5.91. The van der Waals surface area contributed by atoms with Gasteiger partial charge in [-0.2, -0.15) is 0 Å². The average molecular weight is 281 g/mol. The first kappa shape index (κ1) is 13.4. The minimum atomic E-state index is -1.07. The number of urea groups is 1. The molecule has 0 aromatic heterocycles. The first-order chi connectivity index (χ1) is 9.06. The summed E-state index contributed by atoms with van der Waals surface area (Å²) in [4.78, 5) is 22.6. The van der Waals surface area contributed by atoms with Crippen molar-refractivity contribution in [3.63, 3.8) is 0 Å². The van der Waals surface area contributed by atoms with Gasteiger partial charge in [-0.15, -0.1) is 0 Å². The van der Waals surface area contributed by atoms with Crippen molar-refractivity contribution in [3.8, 4) is 0 Å². The fourth-order valence-corrected chi connectivity index (χ4v) is 2.00. The van der Waals surface area contributed by atoms with E-state index < -0.39 is 12.0 Å². The van der Waals surface area contributed by atoms with Gasteiger partial charge in [0.2, 0.25) is 0 Å². The lowest BCUT2D eigenvalue weighted by atomic mass is 10.2. The van der Waals surface area contributed by atoms with E-state index in [0.29, 0.717) is 5.02 Å². The third kappa shape index (κ3) is 3.48. The van der Waals surface area contributed by atoms with Gasteiger partial charge in [0.25, 0.3) is 0 Å². The standard InChI is InChI=1S/C13H13ClN2O3/c14-10-6-5-8(12(17)18)7-11(10)16-13(19)15-9-3-1-2-4-9/h1-2,5-7,9H,3-4H2,(H,17,18)(H2,15,16,19). The first-order valence-corrected chi connectivity index (χ1v) is 6.19. The lowest BCUT2D eigenvalue weighted by Crippen LogP contribution is -2.36. The molecule has 1 aromatic rings. The Kier molecular flexibility index (Phi) is 4.06. The molecule has 0 aliphatic heterocycles. The fraction of sp³-hybridized carbons (Fsp3) is 0.231. The molecule has 1 aliphatic rings. The highest BCUT2D eigenvalue weighted by atomic mass is 35.5. The van der Waals surface area contributed by atoms with Crippen LogP contribution in [-0.2, 0) is 0 Å². The molecule has 100 valence electrons. The Bertz CT molecular complexity index is 535. The van der Waals surface area contributed by atoms with Gasteiger partial charge in [-0.1, -0.05) is 23.8 Å². The molecule has 1 aromatic carbocycles. The van der Waals surface area contributed by atoms with Gasteiger partial charge in [0.05, 0.1) is 16.3 Å². The third-order valence-electron chi connectivity index (χ3n) is 2.80. The van der Waals surface area contributed by atoms with Crippen molar-refractivity contribution in [2.75, 3.05) is 5.32 Å². The average Bonchev–Trinajstić information content (AvgIpc) is 2.84. The molecular weight excluding hydrogens is 268 g/mol. The molecule has 0 saturated heterocycles. The van der Waals surface area contributed by atoms with Crippen molar-refractivity contribution in [3.05, 3.63) is 40.9 Å². The highest BCUT2D eigenvalue weighted by Gasteiger charge is 2.14. The SMILES string of the molecule is O=C(Nc1cc(C(=O)O)ccc1Cl)NC1CC=CC1. The number of nitrogens with one attached hydrogen (secondary N) is 2. The molecule has 0 radical (unpaired) electrons. The predicted octanol–water partition coefficient (Wildman–Crippen LogP) is 2.88. The molecule has 0 saturated carbocycles. The molecule has 19 heavy (non-hydrogen) atoms. The van der Waals surface area contributed by atoms with Crippen LogP contribution in [0.2, 0.25) is 5.02 Å². The minimum Gasteiger partial charge on any atom is -0.478 e. The number of carbonyl (C=O) groups is 2. The van der Waals surface area contributed by atoms with Gasteiger partial charge in [-0.3, -0.25) is 0 Å². The van der Waals surface area contributed by atoms with Gasteiger partial charge in [0.15, 0.2) is 0 Å². The van der Waals surface area contributed by atoms with Crippen LogP contribution in [-0.4, -0.2) is 23.1 Å². The fourth-order valence-electron chi connectivity index (χ4n) is 1.83. The van der Waals surface area contributed by atoms with Crippen molar-refractivity contribution >= 4 is 29.3 Å². The van der Waals surface area contributed by atoms with Crippen LogP contribution in [0.25, 0.3) is 0 Å². The topological polar surface area (TPSA) is 78.4 Å². The highest BCUT2D eigenvalue weighted by molar-refractivity contribution is 6.33. The van der Waals surface area contributed by atoms with Crippen molar-refractivity contribution in [2.45, 2.75) is 18.9 Å². The van der Waals surface area contributed by atoms with Gasteiger partial charge >= 0.3 is 12.0 Å². The van der Waals surface area contributed by atoms with E-state index in [1.54, 1.807) is 0 Å². The lowest BCUT2D eigenvalue weighted by Gasteiger charge is -2.14. The second kappa shape index (κ2) is 5.75. The number of rotatable bonds is 3. The maximum Gasteiger partial charge on any atom is 0.335 e. The van der Waals surface area contributed by atoms with Crippen molar-refractivity contribution in [1.29, 1.82) is 0 Å². The van der Waals surface area contributed by atoms with Crippen LogP contribution in [0, 0.1) is 0 Å². The Labute approximate surface area is 115 Å². The van der Waals surface area contributed by atoms with E-state index >= 15 is 0 Å². The first-order valence-electron chi connectivity index (χ1n) is 5.81. The van der Waals surface area contributed by atoms with E-state index in [4.69, 9.17) is 16.7 Å². The van der Waals surface area contributed by atoms with Crippen LogP contribution in [0.3, 0.4) is 0 Å². The van der Waals surface area contributed by atoms with E-state index in [1.807, 2.05) is 12.2 Å². The summed E-state index contributed by atoms with van der Waals surface area (Å²) in [5.74, 6) is -1.07. The van der Waals surface area contributed by atoms with Gasteiger partial charge in [-0.05, 0) is 31.0 Å². The molecule has 0 fully saturated rings. The summed E-state index contributed by atoms with van der Waals surface area (Å²) < 4.78 is 0. The second-order valence-corrected chi connectivity index (χ2v) is 4.65. The summed E-state index contributed by atoms with van der Waals surface area (Å²) in [5.41, 5.74) is 0.354. The molecule has 0 atom stereocenters. The zero-order chi connectivity index (χ0) is 13.8. The van der Waals surface area contributed by atoms with Gasteiger partial charge in [0.1, 0.15) is 0 Å². The number of amides is 2. The summed E-state index contributed by atoms with van der Waals surface area (Å²) in [5, 5.41) is 14.5. The summed E-state index contributed by atoms with van der Waals surface area (Å²) in [7, 11) is 0. The zero-order valence-electron chi connectivity index (χ0n) is 10.0. The number of halogens is 1. The molecule has 0 spiro atoms. The summed E-state index contributed by atoms with van der Waals surface area (Å²) in [6, 6.07) is 3.85. The van der Waals surface area contributed by atoms with Crippen LogP contribution in [0.1, 0.15) is 23.2 Å². The highest BCUT2D eigenvalue weighted by Crippen LogP contribution is 2.23. The van der Waals surface area contributed by atoms with Gasteiger partial charge in [-0.25, -0.2) is 9.59 Å². The third-order valence-corrected chi connectivity index (χ3v) is 3.13. The molecule has 2 amide bonds. The van der Waals surface area contributed by atoms with Crippen LogP contribution < -0.4 is 10.6 Å². The van der Waals surface area contributed by atoms with E-state index in [9.17, 15) is 9.59 Å². The lowest BCUT2D eigenvalue weighted by molar-refractivity contribution is 0.0697. The number of hydrogen-bond acceptors (Lipinski definition) is 2. The molecule has 6 heteroatoms. The van der Waals surface area contributed by atoms with Gasteiger partial charge < -0.3 is 15.7 Å². The van der Waals surface area contributed by atoms with Crippen LogP contribution in [0.15, 0.2) is 30.4 Å². The molecule has 0 unspecified atom stereocenters. The quantitative estimate of drug-likeness (QED) is 0.745. The molecule has 0 bridgehead atoms. The van der Waals surface area contributed by atoms with E-state index in [-0.39, 0.29) is 17.3 Å². The molecule has 1 aliphatic carbocycles. The molecule has 0 heterocycles. The Morgan fingerprint density at radius 3 is 2.58 bits per heavy atom. The number of hydrogen-bond donors (Lipinski definition) is 3. The Balaban J connectivity index is 2.03. The van der Waals surface area contributed by atoms with Crippen LogP contribution in [0.5, 0.6) is 0 Å². The zero-order valence-corrected chi connectivity index (χ0v) is 10.8. The minimum absolute atomic E-state index is 0.0715. The maximum atomic E-state index is 11.7. The number of carboxylic acid groups (broad SMARTS) is 1. The molecule has 3 N–H and O–H groups in total. The van der Waals surface area contributed by atoms with Crippen LogP contribution >= 0.6 is 11.6 Å². The Hall–Kier alpha value is -2.01. The number of anilines is 1. The Morgan fingerprint density at radius 2 is 1.95 bits per heavy atom. The maximum absolute atomic E-state index is 11.7. The van der Waals surface area contributed by atoms with E-state index in [2.05, 4.69) is 10.6 Å². The smallest absolute Gasteiger partial charge is 0.335 e. The van der Waals surface area contributed by atoms with Crippen LogP contribution in [0.4, 0.5) is 10.5 Å². The predicted molar refractivity (Wildman–Crippen MR) is 72.7 cm³/mol. The molecule has 5 nitrogen and oxygen atoms in total. The van der Waals surface area contributed by atoms with E-state index in [0.717, 1.165) is 12.8 Å². The normalized spacial score (nSPS) is 14.4. The van der Waals surface area contributed by atoms with Crippen molar-refractivity contribution < 1.29 is 14.7 Å². The van der Waals surface area contributed by atoms with Crippen molar-refractivity contribution in [2.24, 2.45) is 0 Å².